The molecule has 0 saturated carbocycles. The number of aryl methyl sites for hydroxylation is 4. The molecule has 510 valence electrons. The molecule has 0 saturated heterocycles. The summed E-state index contributed by atoms with van der Waals surface area (Å²) in [4.78, 5) is 70.1. The number of hydrogen-bond donors (Lipinski definition) is 15. The van der Waals surface area contributed by atoms with Crippen LogP contribution < -0.4 is 47.2 Å². The number of carboxylic acid groups (broad SMARTS) is 2. The molecule has 2 aliphatic rings. The molecule has 1 heterocycles. The fourth-order valence-corrected chi connectivity index (χ4v) is 13.2. The minimum absolute atomic E-state index is 0.0175. The van der Waals surface area contributed by atoms with Crippen LogP contribution in [0.15, 0.2) is 159 Å². The quantitative estimate of drug-likeness (QED) is 0.00604. The molecule has 10 rings (SSSR count). The van der Waals surface area contributed by atoms with Crippen LogP contribution in [0.3, 0.4) is 0 Å². The van der Waals surface area contributed by atoms with Crippen molar-refractivity contribution in [2.45, 2.75) is 51.3 Å². The lowest BCUT2D eigenvalue weighted by molar-refractivity contribution is -0.126. The van der Waals surface area contributed by atoms with Crippen molar-refractivity contribution in [3.63, 3.8) is 0 Å². The number of aromatic hydroxyl groups is 4. The molecule has 33 heteroatoms. The Morgan fingerprint density at radius 1 is 0.586 bits per heavy atom. The second kappa shape index (κ2) is 27.8. The van der Waals surface area contributed by atoms with Gasteiger partial charge in [0, 0.05) is 51.3 Å². The first-order valence-electron chi connectivity index (χ1n) is 28.9. The van der Waals surface area contributed by atoms with Crippen molar-refractivity contribution in [3.8, 4) is 45.4 Å². The Bertz CT molecular complexity index is 5320. The van der Waals surface area contributed by atoms with E-state index < -0.39 is 93.3 Å². The maximum atomic E-state index is 15.2. The highest BCUT2D eigenvalue weighted by Crippen LogP contribution is 2.49. The van der Waals surface area contributed by atoms with E-state index in [1.165, 1.54) is 85.8 Å². The number of fused-ring (bicyclic) bond motifs is 2. The standard InChI is InChI=1S/C66H57N9O21S3/c1-31-21-33(3)61(72-66(86)68-38-12-20-53(80)48(25-38)74-94-30-76)35(5)59(31)69-47-28-54-45(26-50(47)75(97(87)88)40-14-16-41(77)17-15-40)58(42-9-7-8-10-56(42)98(89,90)91)46-27-57(99(92,93)96-73-39-13-19-52(79)44(24-39)64(83)84)49(29-55(46)95-54)70-60-32(2)22-34(4)62(36(60)6)71-65(85)67-37-11-18-51(78)43(23-37)63(81)82/h7-30,69,73-74,77-80H,1-6H3,(H,81,82)(H,83,84)(H,87,88)(H2,67,71,85)(H2,68,72,86)(H,89,90,91). The molecule has 0 fully saturated rings. The van der Waals surface area contributed by atoms with E-state index in [1.54, 1.807) is 46.8 Å². The van der Waals surface area contributed by atoms with Gasteiger partial charge >= 0.3 is 40.6 Å². The van der Waals surface area contributed by atoms with Crippen LogP contribution in [0.25, 0.3) is 33.4 Å². The Labute approximate surface area is 564 Å². The molecule has 1 unspecified atom stereocenters. The molecule has 15 N–H and O–H groups in total. The summed E-state index contributed by atoms with van der Waals surface area (Å²) in [5, 5.41) is 73.9. The van der Waals surface area contributed by atoms with Gasteiger partial charge in [-0.1, -0.05) is 30.3 Å². The molecule has 1 aliphatic carbocycles. The number of carboxylic acids is 2. The van der Waals surface area contributed by atoms with Crippen molar-refractivity contribution in [3.05, 3.63) is 189 Å². The molecule has 99 heavy (non-hydrogen) atoms. The van der Waals surface area contributed by atoms with Gasteiger partial charge in [0.05, 0.1) is 45.2 Å². The minimum Gasteiger partial charge on any atom is -0.508 e. The fraction of sp³-hybridized carbons (Fsp3) is 0.0909. The van der Waals surface area contributed by atoms with Crippen molar-refractivity contribution in [1.82, 2.24) is 0 Å². The normalized spacial score (nSPS) is 11.9. The molecule has 0 bridgehead atoms. The summed E-state index contributed by atoms with van der Waals surface area (Å²) < 4.78 is 107. The smallest absolute Gasteiger partial charge is 0.339 e. The zero-order valence-electron chi connectivity index (χ0n) is 52.4. The number of hydrogen-bond acceptors (Lipinski definition) is 21. The number of nitrogens with one attached hydrogen (secondary N) is 7. The van der Waals surface area contributed by atoms with E-state index in [9.17, 15) is 76.3 Å². The summed E-state index contributed by atoms with van der Waals surface area (Å²) in [6.07, 6.45) is 0. The number of urea groups is 2. The number of nitrogens with zero attached hydrogens (tertiary/aromatic N) is 2. The number of anilines is 10. The number of phenols is 4. The molecule has 0 aromatic heterocycles. The predicted octanol–water partition coefficient (Wildman–Crippen LogP) is 12.3. The Kier molecular flexibility index (Phi) is 19.5. The molecular formula is C66H57N9O21S3. The van der Waals surface area contributed by atoms with Crippen molar-refractivity contribution in [2.24, 2.45) is 4.99 Å². The Morgan fingerprint density at radius 3 is 1.76 bits per heavy atom. The topological polar surface area (TPSA) is 464 Å². The highest BCUT2D eigenvalue weighted by Gasteiger charge is 2.32. The van der Waals surface area contributed by atoms with Gasteiger partial charge in [0.15, 0.2) is 0 Å². The summed E-state index contributed by atoms with van der Waals surface area (Å²) in [5.74, 6) is -5.13. The molecule has 1 atom stereocenters. The number of rotatable bonds is 21. The number of amides is 4. The van der Waals surface area contributed by atoms with Crippen LogP contribution in [0, 0.1) is 41.5 Å². The van der Waals surface area contributed by atoms with Crippen molar-refractivity contribution < 1.29 is 98.3 Å². The predicted molar refractivity (Wildman–Crippen MR) is 365 cm³/mol. The third-order valence-corrected chi connectivity index (χ3v) is 18.2. The van der Waals surface area contributed by atoms with Crippen molar-refractivity contribution in [1.29, 1.82) is 0 Å². The van der Waals surface area contributed by atoms with Crippen LogP contribution in [-0.2, 0) is 45.4 Å². The van der Waals surface area contributed by atoms with Gasteiger partial charge in [0.1, 0.15) is 60.9 Å². The largest absolute Gasteiger partial charge is 0.508 e. The maximum absolute atomic E-state index is 15.2. The number of benzene rings is 9. The molecule has 1 aliphatic heterocycles. The monoisotopic (exact) mass is 1410 g/mol. The maximum Gasteiger partial charge on any atom is 0.339 e. The zero-order valence-corrected chi connectivity index (χ0v) is 54.8. The van der Waals surface area contributed by atoms with Gasteiger partial charge in [-0.05, 0) is 172 Å². The SMILES string of the molecule is Cc1cc(C)c(NC(=O)Nc2ccc(O)c(C(=O)O)c2)c(C)c1N=c1cc2oc3cc(Nc4c(C)cc(C)c(NC(=O)Nc5ccc(O)c(NOC=O)c5)c4C)c(N(c4ccc(O)cc4)S(=O)O)cc3c(-c3ccccc3S(=O)(=O)O)c-2cc1S(=O)(=O)ONc1ccc(O)c(C(=O)O)c1. The van der Waals surface area contributed by atoms with Crippen LogP contribution in [0.1, 0.15) is 54.1 Å². The van der Waals surface area contributed by atoms with Crippen molar-refractivity contribution in [2.75, 3.05) is 41.8 Å². The van der Waals surface area contributed by atoms with Crippen molar-refractivity contribution >= 4 is 136 Å². The third kappa shape index (κ3) is 14.8. The van der Waals surface area contributed by atoms with E-state index in [4.69, 9.17) is 13.7 Å². The fourth-order valence-electron chi connectivity index (χ4n) is 11.0. The molecule has 8 aromatic carbocycles. The summed E-state index contributed by atoms with van der Waals surface area (Å²) in [7, 11) is -10.6. The highest BCUT2D eigenvalue weighted by molar-refractivity contribution is 7.87. The second-order valence-corrected chi connectivity index (χ2v) is 25.8. The van der Waals surface area contributed by atoms with Crippen LogP contribution in [0.4, 0.5) is 72.2 Å². The first-order valence-corrected chi connectivity index (χ1v) is 32.8. The Hall–Kier alpha value is -12.3. The van der Waals surface area contributed by atoms with E-state index in [0.29, 0.717) is 33.5 Å². The van der Waals surface area contributed by atoms with E-state index >= 15 is 8.42 Å². The Morgan fingerprint density at radius 2 is 1.15 bits per heavy atom. The molecule has 30 nitrogen and oxygen atoms in total. The molecular weight excluding hydrogens is 1350 g/mol. The van der Waals surface area contributed by atoms with E-state index in [1.807, 2.05) is 0 Å². The van der Waals surface area contributed by atoms with E-state index in [2.05, 4.69) is 42.4 Å². The molecule has 8 aromatic rings. The average molecular weight is 1410 g/mol. The van der Waals surface area contributed by atoms with Gasteiger partial charge in [-0.2, -0.15) is 16.8 Å². The minimum atomic E-state index is -5.34. The van der Waals surface area contributed by atoms with Crippen LogP contribution in [-0.4, -0.2) is 91.3 Å². The van der Waals surface area contributed by atoms with Gasteiger partial charge in [-0.15, -0.1) is 4.28 Å². The summed E-state index contributed by atoms with van der Waals surface area (Å²) in [6, 6.07) is 26.7. The van der Waals surface area contributed by atoms with Crippen LogP contribution in [0.2, 0.25) is 0 Å². The number of carbonyl (C=O) groups excluding carboxylic acids is 3. The van der Waals surface area contributed by atoms with Gasteiger partial charge in [-0.3, -0.25) is 13.9 Å². The molecule has 0 spiro atoms. The lowest BCUT2D eigenvalue weighted by Gasteiger charge is -2.27. The lowest BCUT2D eigenvalue weighted by Crippen LogP contribution is -2.22. The first-order chi connectivity index (χ1) is 46.8. The summed E-state index contributed by atoms with van der Waals surface area (Å²) in [5.41, 5.74) is 5.15. The highest BCUT2D eigenvalue weighted by atomic mass is 32.2. The Balaban J connectivity index is 1.23. The van der Waals surface area contributed by atoms with E-state index in [-0.39, 0.29) is 114 Å². The first kappa shape index (κ1) is 69.6. The van der Waals surface area contributed by atoms with E-state index in [0.717, 1.165) is 52.8 Å². The van der Waals surface area contributed by atoms with Gasteiger partial charge in [0.25, 0.3) is 21.4 Å². The average Bonchev–Trinajstić information content (AvgIpc) is 0.725. The number of phenolic OH excluding ortho intramolecular Hbond substituents is 2. The summed E-state index contributed by atoms with van der Waals surface area (Å²) >= 11 is -3.04. The zero-order chi connectivity index (χ0) is 71.7. The van der Waals surface area contributed by atoms with Crippen LogP contribution >= 0.6 is 0 Å². The third-order valence-electron chi connectivity index (χ3n) is 15.4. The molecule has 0 radical (unpaired) electrons. The molecule has 4 amide bonds. The second-order valence-electron chi connectivity index (χ2n) is 22.1. The van der Waals surface area contributed by atoms with Gasteiger partial charge < -0.3 is 66.5 Å². The van der Waals surface area contributed by atoms with Gasteiger partial charge in [-0.25, -0.2) is 43.6 Å². The summed E-state index contributed by atoms with van der Waals surface area (Å²) in [6.45, 7) is 9.96. The number of carbonyl (C=O) groups is 5. The lowest BCUT2D eigenvalue weighted by atomic mass is 9.93. The van der Waals surface area contributed by atoms with Crippen LogP contribution in [0.5, 0.6) is 23.0 Å². The van der Waals surface area contributed by atoms with Gasteiger partial charge in [0.2, 0.25) is 0 Å². The number of aromatic carboxylic acids is 2.